The van der Waals surface area contributed by atoms with E-state index in [4.69, 9.17) is 5.26 Å². The lowest BCUT2D eigenvalue weighted by Crippen LogP contribution is -2.29. The standard InChI is InChI=1S/C7H12N2O2S/c1-2-12(10,11)9-4-3-7(5-8)6-9/h7H,2-4,6H2,1H3. The number of rotatable bonds is 2. The van der Waals surface area contributed by atoms with Crippen LogP contribution in [-0.4, -0.2) is 31.6 Å². The second-order valence-corrected chi connectivity index (χ2v) is 5.13. The van der Waals surface area contributed by atoms with Crippen LogP contribution >= 0.6 is 0 Å². The first kappa shape index (κ1) is 9.49. The molecular formula is C7H12N2O2S. The van der Waals surface area contributed by atoms with Gasteiger partial charge in [0.25, 0.3) is 0 Å². The Morgan fingerprint density at radius 2 is 2.33 bits per heavy atom. The van der Waals surface area contributed by atoms with E-state index in [1.54, 1.807) is 6.92 Å². The fraction of sp³-hybridized carbons (Fsp3) is 0.857. The summed E-state index contributed by atoms with van der Waals surface area (Å²) in [5, 5.41) is 8.55. The Morgan fingerprint density at radius 3 is 2.75 bits per heavy atom. The first-order valence-corrected chi connectivity index (χ1v) is 5.58. The van der Waals surface area contributed by atoms with Gasteiger partial charge in [-0.25, -0.2) is 12.7 Å². The van der Waals surface area contributed by atoms with Crippen LogP contribution in [0.1, 0.15) is 13.3 Å². The average Bonchev–Trinajstić information content (AvgIpc) is 2.52. The van der Waals surface area contributed by atoms with Crippen molar-refractivity contribution in [3.05, 3.63) is 0 Å². The van der Waals surface area contributed by atoms with Crippen LogP contribution < -0.4 is 0 Å². The molecule has 0 saturated carbocycles. The van der Waals surface area contributed by atoms with Gasteiger partial charge in [0.2, 0.25) is 10.0 Å². The van der Waals surface area contributed by atoms with Crippen LogP contribution in [0.3, 0.4) is 0 Å². The first-order chi connectivity index (χ1) is 5.60. The molecule has 1 aliphatic rings. The number of nitriles is 1. The van der Waals surface area contributed by atoms with Crippen molar-refractivity contribution in [2.75, 3.05) is 18.8 Å². The van der Waals surface area contributed by atoms with E-state index in [0.717, 1.165) is 0 Å². The second-order valence-electron chi connectivity index (χ2n) is 2.87. The molecule has 1 unspecified atom stereocenters. The molecule has 0 bridgehead atoms. The average molecular weight is 188 g/mol. The first-order valence-electron chi connectivity index (χ1n) is 3.97. The van der Waals surface area contributed by atoms with Crippen LogP contribution in [0.15, 0.2) is 0 Å². The summed E-state index contributed by atoms with van der Waals surface area (Å²) in [5.74, 6) is 0.0249. The molecule has 0 aromatic rings. The highest BCUT2D eigenvalue weighted by molar-refractivity contribution is 7.89. The smallest absolute Gasteiger partial charge is 0.212 e. The van der Waals surface area contributed by atoms with Crippen LogP contribution in [0.2, 0.25) is 0 Å². The third-order valence-corrected chi connectivity index (χ3v) is 3.94. The largest absolute Gasteiger partial charge is 0.213 e. The van der Waals surface area contributed by atoms with Gasteiger partial charge < -0.3 is 0 Å². The van der Waals surface area contributed by atoms with Crippen molar-refractivity contribution >= 4 is 10.0 Å². The Kier molecular flexibility index (Phi) is 2.70. The maximum absolute atomic E-state index is 11.3. The van der Waals surface area contributed by atoms with Gasteiger partial charge in [-0.3, -0.25) is 0 Å². The molecule has 0 radical (unpaired) electrons. The molecular weight excluding hydrogens is 176 g/mol. The summed E-state index contributed by atoms with van der Waals surface area (Å²) < 4.78 is 24.0. The minimum absolute atomic E-state index is 0.105. The van der Waals surface area contributed by atoms with Crippen molar-refractivity contribution in [1.29, 1.82) is 5.26 Å². The maximum Gasteiger partial charge on any atom is 0.213 e. The van der Waals surface area contributed by atoms with E-state index >= 15 is 0 Å². The molecule has 0 aliphatic carbocycles. The number of sulfonamides is 1. The van der Waals surface area contributed by atoms with Crippen molar-refractivity contribution < 1.29 is 8.42 Å². The van der Waals surface area contributed by atoms with Crippen LogP contribution in [0.5, 0.6) is 0 Å². The third-order valence-electron chi connectivity index (χ3n) is 2.09. The zero-order valence-corrected chi connectivity index (χ0v) is 7.84. The van der Waals surface area contributed by atoms with E-state index in [2.05, 4.69) is 6.07 Å². The molecule has 0 amide bonds. The Morgan fingerprint density at radius 1 is 1.67 bits per heavy atom. The van der Waals surface area contributed by atoms with Crippen LogP contribution in [-0.2, 0) is 10.0 Å². The predicted molar refractivity (Wildman–Crippen MR) is 44.8 cm³/mol. The minimum atomic E-state index is -3.06. The lowest BCUT2D eigenvalue weighted by molar-refractivity contribution is 0.472. The summed E-state index contributed by atoms with van der Waals surface area (Å²) >= 11 is 0. The lowest BCUT2D eigenvalue weighted by atomic mass is 10.1. The van der Waals surface area contributed by atoms with Gasteiger partial charge in [0.15, 0.2) is 0 Å². The molecule has 68 valence electrons. The minimum Gasteiger partial charge on any atom is -0.212 e. The topological polar surface area (TPSA) is 61.2 Å². The monoisotopic (exact) mass is 188 g/mol. The predicted octanol–water partition coefficient (Wildman–Crippen LogP) is 0.182. The SMILES string of the molecule is CCS(=O)(=O)N1CCC(C#N)C1. The van der Waals surface area contributed by atoms with Crippen molar-refractivity contribution in [3.63, 3.8) is 0 Å². The highest BCUT2D eigenvalue weighted by Gasteiger charge is 2.29. The Bertz CT molecular complexity index is 291. The summed E-state index contributed by atoms with van der Waals surface area (Å²) in [7, 11) is -3.06. The molecule has 0 aromatic heterocycles. The normalized spacial score (nSPS) is 25.5. The molecule has 1 aliphatic heterocycles. The molecule has 4 nitrogen and oxygen atoms in total. The molecule has 1 heterocycles. The quantitative estimate of drug-likeness (QED) is 0.621. The van der Waals surface area contributed by atoms with Crippen LogP contribution in [0, 0.1) is 17.2 Å². The molecule has 0 spiro atoms. The fourth-order valence-corrected chi connectivity index (χ4v) is 2.42. The Balaban J connectivity index is 2.66. The number of hydrogen-bond acceptors (Lipinski definition) is 3. The second kappa shape index (κ2) is 3.42. The summed E-state index contributed by atoms with van der Waals surface area (Å²) in [4.78, 5) is 0. The van der Waals surface area contributed by atoms with E-state index in [-0.39, 0.29) is 11.7 Å². The van der Waals surface area contributed by atoms with Crippen molar-refractivity contribution in [2.24, 2.45) is 5.92 Å². The highest BCUT2D eigenvalue weighted by atomic mass is 32.2. The van der Waals surface area contributed by atoms with E-state index in [1.165, 1.54) is 4.31 Å². The van der Waals surface area contributed by atoms with Gasteiger partial charge in [-0.2, -0.15) is 5.26 Å². The van der Waals surface area contributed by atoms with Crippen molar-refractivity contribution in [3.8, 4) is 6.07 Å². The molecule has 1 atom stereocenters. The fourth-order valence-electron chi connectivity index (χ4n) is 1.27. The van der Waals surface area contributed by atoms with Crippen molar-refractivity contribution in [1.82, 2.24) is 4.31 Å². The Hall–Kier alpha value is -0.600. The van der Waals surface area contributed by atoms with Gasteiger partial charge in [-0.15, -0.1) is 0 Å². The van der Waals surface area contributed by atoms with E-state index in [9.17, 15) is 8.42 Å². The molecule has 1 fully saturated rings. The van der Waals surface area contributed by atoms with Crippen LogP contribution in [0.25, 0.3) is 0 Å². The highest BCUT2D eigenvalue weighted by Crippen LogP contribution is 2.18. The van der Waals surface area contributed by atoms with Crippen molar-refractivity contribution in [2.45, 2.75) is 13.3 Å². The van der Waals surface area contributed by atoms with E-state index < -0.39 is 10.0 Å². The zero-order valence-electron chi connectivity index (χ0n) is 7.02. The lowest BCUT2D eigenvalue weighted by Gasteiger charge is -2.13. The van der Waals surface area contributed by atoms with E-state index in [1.807, 2.05) is 0 Å². The molecule has 1 saturated heterocycles. The summed E-state index contributed by atoms with van der Waals surface area (Å²) in [6.07, 6.45) is 0.676. The molecule has 12 heavy (non-hydrogen) atoms. The van der Waals surface area contributed by atoms with Gasteiger partial charge in [0, 0.05) is 13.1 Å². The zero-order chi connectivity index (χ0) is 9.19. The number of nitrogens with zero attached hydrogens (tertiary/aromatic N) is 2. The summed E-state index contributed by atoms with van der Waals surface area (Å²) in [6.45, 7) is 2.51. The van der Waals surface area contributed by atoms with E-state index in [0.29, 0.717) is 19.5 Å². The van der Waals surface area contributed by atoms with Gasteiger partial charge in [-0.05, 0) is 13.3 Å². The van der Waals surface area contributed by atoms with Gasteiger partial charge in [0.05, 0.1) is 17.7 Å². The van der Waals surface area contributed by atoms with Gasteiger partial charge >= 0.3 is 0 Å². The molecule has 0 aromatic carbocycles. The molecule has 0 N–H and O–H groups in total. The van der Waals surface area contributed by atoms with Gasteiger partial charge in [0.1, 0.15) is 0 Å². The summed E-state index contributed by atoms with van der Waals surface area (Å²) in [5.41, 5.74) is 0. The molecule has 1 rings (SSSR count). The molecule has 5 heteroatoms. The maximum atomic E-state index is 11.3. The third kappa shape index (κ3) is 1.76. The Labute approximate surface area is 72.8 Å². The number of hydrogen-bond donors (Lipinski definition) is 0. The van der Waals surface area contributed by atoms with Gasteiger partial charge in [-0.1, -0.05) is 0 Å². The summed E-state index contributed by atoms with van der Waals surface area (Å²) in [6, 6.07) is 2.08. The van der Waals surface area contributed by atoms with Crippen LogP contribution in [0.4, 0.5) is 0 Å².